The zero-order valence-electron chi connectivity index (χ0n) is 16.8. The van der Waals surface area contributed by atoms with Gasteiger partial charge in [0.1, 0.15) is 10.8 Å². The first-order chi connectivity index (χ1) is 15.5. The summed E-state index contributed by atoms with van der Waals surface area (Å²) in [7, 11) is 0. The van der Waals surface area contributed by atoms with Gasteiger partial charge < -0.3 is 5.32 Å². The zero-order chi connectivity index (χ0) is 22.5. The number of hydrogen-bond donors (Lipinski definition) is 1. The Morgan fingerprint density at radius 1 is 1.09 bits per heavy atom. The van der Waals surface area contributed by atoms with Gasteiger partial charge >= 0.3 is 0 Å². The number of carbonyl (C=O) groups excluding carboxylic acids is 3. The molecule has 0 saturated carbocycles. The van der Waals surface area contributed by atoms with Crippen LogP contribution in [0.5, 0.6) is 0 Å². The van der Waals surface area contributed by atoms with Crippen molar-refractivity contribution in [2.75, 3.05) is 13.1 Å². The molecule has 1 fully saturated rings. The summed E-state index contributed by atoms with van der Waals surface area (Å²) >= 11 is 2.22. The SMILES string of the molecule is O=C(Cc1csc(-c2ccccc2)n1)NCCN1C(=O)S/C(=C\c2ccccc2F)C1=O. The van der Waals surface area contributed by atoms with E-state index in [0.29, 0.717) is 5.69 Å². The van der Waals surface area contributed by atoms with Crippen LogP contribution < -0.4 is 5.32 Å². The predicted octanol–water partition coefficient (Wildman–Crippen LogP) is 4.34. The number of halogens is 1. The molecule has 1 N–H and O–H groups in total. The van der Waals surface area contributed by atoms with Crippen molar-refractivity contribution in [3.05, 3.63) is 82.0 Å². The smallest absolute Gasteiger partial charge is 0.293 e. The average molecular weight is 468 g/mol. The van der Waals surface area contributed by atoms with Crippen LogP contribution in [-0.4, -0.2) is 40.0 Å². The minimum atomic E-state index is -0.496. The quantitative estimate of drug-likeness (QED) is 0.523. The van der Waals surface area contributed by atoms with Gasteiger partial charge in [-0.2, -0.15) is 0 Å². The van der Waals surface area contributed by atoms with Crippen LogP contribution in [0, 0.1) is 5.82 Å². The second kappa shape index (κ2) is 9.88. The number of amides is 3. The highest BCUT2D eigenvalue weighted by Gasteiger charge is 2.34. The Labute approximate surface area is 192 Å². The molecule has 0 radical (unpaired) electrons. The second-order valence-corrected chi connectivity index (χ2v) is 8.74. The molecule has 2 aromatic carbocycles. The number of benzene rings is 2. The number of carbonyl (C=O) groups is 3. The number of hydrogen-bond acceptors (Lipinski definition) is 6. The van der Waals surface area contributed by atoms with E-state index in [2.05, 4.69) is 10.3 Å². The molecule has 1 saturated heterocycles. The van der Waals surface area contributed by atoms with E-state index in [4.69, 9.17) is 0 Å². The summed E-state index contributed by atoms with van der Waals surface area (Å²) in [6, 6.07) is 15.7. The lowest BCUT2D eigenvalue weighted by Gasteiger charge is -2.12. The fraction of sp³-hybridized carbons (Fsp3) is 0.130. The molecule has 0 bridgehead atoms. The van der Waals surface area contributed by atoms with Crippen molar-refractivity contribution >= 4 is 46.2 Å². The third-order valence-corrected chi connectivity index (χ3v) is 6.48. The normalized spacial score (nSPS) is 14.9. The maximum atomic E-state index is 13.8. The van der Waals surface area contributed by atoms with Crippen molar-refractivity contribution in [1.29, 1.82) is 0 Å². The van der Waals surface area contributed by atoms with Crippen molar-refractivity contribution < 1.29 is 18.8 Å². The molecule has 4 rings (SSSR count). The fourth-order valence-electron chi connectivity index (χ4n) is 3.06. The molecule has 0 atom stereocenters. The van der Waals surface area contributed by atoms with Gasteiger partial charge in [-0.15, -0.1) is 11.3 Å². The van der Waals surface area contributed by atoms with Crippen molar-refractivity contribution in [2.24, 2.45) is 0 Å². The molecule has 9 heteroatoms. The third-order valence-electron chi connectivity index (χ3n) is 4.64. The Bertz CT molecular complexity index is 1190. The minimum Gasteiger partial charge on any atom is -0.354 e. The fourth-order valence-corrected chi connectivity index (χ4v) is 4.74. The maximum absolute atomic E-state index is 13.8. The molecule has 3 aromatic rings. The van der Waals surface area contributed by atoms with Crippen LogP contribution in [0.2, 0.25) is 0 Å². The molecule has 1 aliphatic rings. The molecule has 3 amide bonds. The Balaban J connectivity index is 1.29. The first-order valence-corrected chi connectivity index (χ1v) is 11.5. The predicted molar refractivity (Wildman–Crippen MR) is 123 cm³/mol. The van der Waals surface area contributed by atoms with Crippen LogP contribution in [-0.2, 0) is 16.0 Å². The van der Waals surface area contributed by atoms with Gasteiger partial charge in [-0.25, -0.2) is 9.37 Å². The molecule has 0 spiro atoms. The first-order valence-electron chi connectivity index (χ1n) is 9.77. The van der Waals surface area contributed by atoms with Gasteiger partial charge in [0.05, 0.1) is 17.0 Å². The molecule has 0 aliphatic carbocycles. The van der Waals surface area contributed by atoms with Gasteiger partial charge in [0, 0.05) is 29.6 Å². The molecule has 6 nitrogen and oxygen atoms in total. The molecule has 0 unspecified atom stereocenters. The standard InChI is InChI=1S/C23H18FN3O3S2/c24-18-9-5-4-8-16(18)12-19-22(29)27(23(30)32-19)11-10-25-20(28)13-17-14-31-21(26-17)15-6-2-1-3-7-15/h1-9,12,14H,10-11,13H2,(H,25,28)/b19-12-. The van der Waals surface area contributed by atoms with E-state index in [1.807, 2.05) is 35.7 Å². The van der Waals surface area contributed by atoms with Crippen molar-refractivity contribution in [3.63, 3.8) is 0 Å². The van der Waals surface area contributed by atoms with Crippen LogP contribution >= 0.6 is 23.1 Å². The second-order valence-electron chi connectivity index (χ2n) is 6.89. The van der Waals surface area contributed by atoms with E-state index in [1.165, 1.54) is 29.5 Å². The van der Waals surface area contributed by atoms with Crippen LogP contribution in [0.3, 0.4) is 0 Å². The number of imide groups is 1. The largest absolute Gasteiger partial charge is 0.354 e. The highest BCUT2D eigenvalue weighted by molar-refractivity contribution is 8.18. The summed E-state index contributed by atoms with van der Waals surface area (Å²) in [5, 5.41) is 4.95. The van der Waals surface area contributed by atoms with E-state index in [0.717, 1.165) is 27.2 Å². The van der Waals surface area contributed by atoms with Crippen LogP contribution in [0.25, 0.3) is 16.6 Å². The van der Waals surface area contributed by atoms with Gasteiger partial charge in [0.2, 0.25) is 5.91 Å². The monoisotopic (exact) mass is 467 g/mol. The van der Waals surface area contributed by atoms with Crippen LogP contribution in [0.15, 0.2) is 64.9 Å². The van der Waals surface area contributed by atoms with Gasteiger partial charge in [-0.1, -0.05) is 48.5 Å². The van der Waals surface area contributed by atoms with Crippen LogP contribution in [0.4, 0.5) is 9.18 Å². The summed E-state index contributed by atoms with van der Waals surface area (Å²) in [5.41, 5.74) is 1.89. The third kappa shape index (κ3) is 5.12. The van der Waals surface area contributed by atoms with E-state index in [1.54, 1.807) is 12.1 Å². The lowest BCUT2D eigenvalue weighted by Crippen LogP contribution is -2.37. The number of rotatable bonds is 7. The van der Waals surface area contributed by atoms with Gasteiger partial charge in [-0.3, -0.25) is 19.3 Å². The average Bonchev–Trinajstić information content (AvgIpc) is 3.36. The van der Waals surface area contributed by atoms with Crippen molar-refractivity contribution in [1.82, 2.24) is 15.2 Å². The summed E-state index contributed by atoms with van der Waals surface area (Å²) in [6.45, 7) is 0.164. The van der Waals surface area contributed by atoms with Crippen molar-refractivity contribution in [2.45, 2.75) is 6.42 Å². The van der Waals surface area contributed by atoms with E-state index >= 15 is 0 Å². The number of thiazole rings is 1. The topological polar surface area (TPSA) is 79.4 Å². The number of nitrogens with zero attached hydrogens (tertiary/aromatic N) is 2. The van der Waals surface area contributed by atoms with Gasteiger partial charge in [0.25, 0.3) is 11.1 Å². The Morgan fingerprint density at radius 2 is 1.84 bits per heavy atom. The van der Waals surface area contributed by atoms with Crippen LogP contribution in [0.1, 0.15) is 11.3 Å². The number of nitrogens with one attached hydrogen (secondary N) is 1. The Kier molecular flexibility index (Phi) is 6.77. The summed E-state index contributed by atoms with van der Waals surface area (Å²) in [5.74, 6) is -1.21. The molecular weight excluding hydrogens is 449 g/mol. The molecular formula is C23H18FN3O3S2. The Hall–Kier alpha value is -3.30. The zero-order valence-corrected chi connectivity index (χ0v) is 18.4. The lowest BCUT2D eigenvalue weighted by molar-refractivity contribution is -0.124. The highest BCUT2D eigenvalue weighted by atomic mass is 32.2. The maximum Gasteiger partial charge on any atom is 0.293 e. The molecule has 1 aromatic heterocycles. The minimum absolute atomic E-state index is 0.0390. The summed E-state index contributed by atoms with van der Waals surface area (Å²) in [4.78, 5) is 42.6. The lowest BCUT2D eigenvalue weighted by atomic mass is 10.2. The molecule has 2 heterocycles. The van der Waals surface area contributed by atoms with E-state index in [-0.39, 0.29) is 35.9 Å². The first kappa shape index (κ1) is 21.9. The summed E-state index contributed by atoms with van der Waals surface area (Å²) < 4.78 is 13.8. The van der Waals surface area contributed by atoms with Gasteiger partial charge in [-0.05, 0) is 23.9 Å². The van der Waals surface area contributed by atoms with E-state index < -0.39 is 17.0 Å². The highest BCUT2D eigenvalue weighted by Crippen LogP contribution is 2.32. The number of thioether (sulfide) groups is 1. The van der Waals surface area contributed by atoms with Crippen molar-refractivity contribution in [3.8, 4) is 10.6 Å². The number of aromatic nitrogens is 1. The summed E-state index contributed by atoms with van der Waals surface area (Å²) in [6.07, 6.45) is 1.48. The molecule has 1 aliphatic heterocycles. The van der Waals surface area contributed by atoms with Gasteiger partial charge in [0.15, 0.2) is 0 Å². The molecule has 32 heavy (non-hydrogen) atoms. The molecule has 162 valence electrons. The Morgan fingerprint density at radius 3 is 2.62 bits per heavy atom. The van der Waals surface area contributed by atoms with E-state index in [9.17, 15) is 18.8 Å².